The number of fused-ring (bicyclic) bond motifs is 1. The highest BCUT2D eigenvalue weighted by Gasteiger charge is 2.26. The summed E-state index contributed by atoms with van der Waals surface area (Å²) < 4.78 is 0. The molecule has 0 heterocycles. The molecule has 0 atom stereocenters. The molecule has 0 unspecified atom stereocenters. The van der Waals surface area contributed by atoms with E-state index in [9.17, 15) is 0 Å². The highest BCUT2D eigenvalue weighted by Crippen LogP contribution is 2.43. The Morgan fingerprint density at radius 3 is 2.25 bits per heavy atom. The second kappa shape index (κ2) is 16.5. The molecule has 1 fully saturated rings. The van der Waals surface area contributed by atoms with Gasteiger partial charge in [0.15, 0.2) is 0 Å². The summed E-state index contributed by atoms with van der Waals surface area (Å²) in [6, 6.07) is 32.3. The molecule has 0 bridgehead atoms. The van der Waals surface area contributed by atoms with Crippen molar-refractivity contribution in [1.82, 2.24) is 0 Å². The lowest BCUT2D eigenvalue weighted by Gasteiger charge is -2.15. The van der Waals surface area contributed by atoms with Gasteiger partial charge in [0.1, 0.15) is 0 Å². The standard InChI is InChI=1S/C20H24.C17H16.C7H8.H2/c1-5-7-8-15(3)13-19-12-11-18(16(4)6-2)14-20(19)17-9-10-17;1-13-11-15-9-5-6-10-16(15)12-17(13)14-7-3-2-4-8-14;1-7-5-3-2-4-6-7;/h7-8,11-12,14,17H,2-3,5,9-10,13H2,1,4H3;2-4,6-8,10-12H,5,9H2,1H3;2-6H,1H3;1H/b8-7+;;;. The first-order valence-electron chi connectivity index (χ1n) is 16.1. The molecule has 2 aliphatic carbocycles. The van der Waals surface area contributed by atoms with Crippen LogP contribution in [0, 0.1) is 13.8 Å². The van der Waals surface area contributed by atoms with Crippen LogP contribution in [0.4, 0.5) is 0 Å². The maximum Gasteiger partial charge on any atom is 0 e. The van der Waals surface area contributed by atoms with Crippen LogP contribution in [0.25, 0.3) is 22.8 Å². The van der Waals surface area contributed by atoms with Crippen LogP contribution in [0.1, 0.15) is 85.8 Å². The minimum absolute atomic E-state index is 0. The minimum Gasteiger partial charge on any atom is -0.125 e. The fourth-order valence-electron chi connectivity index (χ4n) is 5.52. The SMILES string of the molecule is C=C=C(C)c1ccc(CC(=C)/C=C/CC)c(C2CC2)c1.Cc1cc2c(cc1-c1ccccc1)C=CCC2.Cc1ccccc1.[HH]. The number of hydrogen-bond donors (Lipinski definition) is 0. The van der Waals surface area contributed by atoms with Gasteiger partial charge in [-0.1, -0.05) is 140 Å². The molecule has 1 saturated carbocycles. The topological polar surface area (TPSA) is 0 Å². The molecule has 0 heteroatoms. The first kappa shape index (κ1) is 32.5. The van der Waals surface area contributed by atoms with Gasteiger partial charge >= 0.3 is 0 Å². The van der Waals surface area contributed by atoms with Crippen molar-refractivity contribution in [2.24, 2.45) is 0 Å². The van der Waals surface area contributed by atoms with Gasteiger partial charge in [0.2, 0.25) is 0 Å². The lowest BCUT2D eigenvalue weighted by molar-refractivity contribution is 0.983. The molecule has 2 aliphatic rings. The zero-order chi connectivity index (χ0) is 31.3. The molecule has 6 rings (SSSR count). The van der Waals surface area contributed by atoms with Crippen molar-refractivity contribution in [2.45, 2.75) is 72.1 Å². The molecular formula is C44H50. The van der Waals surface area contributed by atoms with Gasteiger partial charge in [-0.15, -0.1) is 5.73 Å². The first-order chi connectivity index (χ1) is 21.4. The van der Waals surface area contributed by atoms with Gasteiger partial charge in [0.05, 0.1) is 0 Å². The summed E-state index contributed by atoms with van der Waals surface area (Å²) in [6.07, 6.45) is 15.9. The van der Waals surface area contributed by atoms with Gasteiger partial charge in [0, 0.05) is 1.43 Å². The van der Waals surface area contributed by atoms with Crippen molar-refractivity contribution in [3.8, 4) is 11.1 Å². The van der Waals surface area contributed by atoms with Crippen LogP contribution in [-0.4, -0.2) is 0 Å². The summed E-state index contributed by atoms with van der Waals surface area (Å²) in [4.78, 5) is 0. The number of rotatable bonds is 7. The summed E-state index contributed by atoms with van der Waals surface area (Å²) >= 11 is 0. The zero-order valence-corrected chi connectivity index (χ0v) is 27.2. The quantitative estimate of drug-likeness (QED) is 0.151. The predicted molar refractivity (Wildman–Crippen MR) is 196 cm³/mol. The van der Waals surface area contributed by atoms with E-state index in [0.717, 1.165) is 24.3 Å². The number of benzene rings is 4. The van der Waals surface area contributed by atoms with E-state index < -0.39 is 0 Å². The highest BCUT2D eigenvalue weighted by atomic mass is 14.3. The third-order valence-electron chi connectivity index (χ3n) is 8.26. The second-order valence-electron chi connectivity index (χ2n) is 12.0. The van der Waals surface area contributed by atoms with Gasteiger partial charge in [-0.3, -0.25) is 0 Å². The van der Waals surface area contributed by atoms with Crippen molar-refractivity contribution < 1.29 is 1.43 Å². The van der Waals surface area contributed by atoms with Crippen molar-refractivity contribution in [3.63, 3.8) is 0 Å². The Morgan fingerprint density at radius 2 is 1.64 bits per heavy atom. The van der Waals surface area contributed by atoms with Gasteiger partial charge in [0.25, 0.3) is 0 Å². The van der Waals surface area contributed by atoms with Crippen molar-refractivity contribution in [2.75, 3.05) is 0 Å². The van der Waals surface area contributed by atoms with Gasteiger partial charge in [-0.05, 0) is 121 Å². The molecule has 0 aliphatic heterocycles. The van der Waals surface area contributed by atoms with E-state index in [4.69, 9.17) is 0 Å². The molecule has 0 nitrogen and oxygen atoms in total. The van der Waals surface area contributed by atoms with E-state index >= 15 is 0 Å². The van der Waals surface area contributed by atoms with Crippen LogP contribution in [0.5, 0.6) is 0 Å². The smallest absolute Gasteiger partial charge is 0 e. The molecule has 0 aromatic heterocycles. The van der Waals surface area contributed by atoms with Gasteiger partial charge in [-0.2, -0.15) is 0 Å². The fraction of sp³-hybridized carbons (Fsp3) is 0.250. The average Bonchev–Trinajstić information content (AvgIpc) is 3.90. The molecule has 0 radical (unpaired) electrons. The van der Waals surface area contributed by atoms with Crippen molar-refractivity contribution in [3.05, 3.63) is 173 Å². The third-order valence-corrected chi connectivity index (χ3v) is 8.26. The fourth-order valence-corrected chi connectivity index (χ4v) is 5.52. The normalized spacial score (nSPS) is 13.1. The Bertz CT molecular complexity index is 1640. The maximum atomic E-state index is 4.17. The van der Waals surface area contributed by atoms with Crippen LogP contribution in [-0.2, 0) is 12.8 Å². The largest absolute Gasteiger partial charge is 0.125 e. The van der Waals surface area contributed by atoms with Crippen LogP contribution in [0.15, 0.2) is 134 Å². The monoisotopic (exact) mass is 578 g/mol. The van der Waals surface area contributed by atoms with Crippen LogP contribution >= 0.6 is 0 Å². The van der Waals surface area contributed by atoms with Crippen LogP contribution in [0.2, 0.25) is 0 Å². The minimum atomic E-state index is 0. The molecule has 4 aromatic rings. The number of aryl methyl sites for hydroxylation is 3. The van der Waals surface area contributed by atoms with Crippen molar-refractivity contribution >= 4 is 11.6 Å². The summed E-state index contributed by atoms with van der Waals surface area (Å²) in [7, 11) is 0. The average molecular weight is 579 g/mol. The number of hydrogen-bond acceptors (Lipinski definition) is 0. The van der Waals surface area contributed by atoms with E-state index in [1.165, 1.54) is 81.3 Å². The van der Waals surface area contributed by atoms with E-state index in [1.54, 1.807) is 0 Å². The highest BCUT2D eigenvalue weighted by molar-refractivity contribution is 5.73. The molecule has 0 amide bonds. The molecular weight excluding hydrogens is 528 g/mol. The molecule has 4 aromatic carbocycles. The summed E-state index contributed by atoms with van der Waals surface area (Å²) in [5, 5.41) is 0. The van der Waals surface area contributed by atoms with E-state index in [0.29, 0.717) is 0 Å². The third kappa shape index (κ3) is 9.57. The molecule has 44 heavy (non-hydrogen) atoms. The Kier molecular flexibility index (Phi) is 12.2. The summed E-state index contributed by atoms with van der Waals surface area (Å²) in [5.41, 5.74) is 17.7. The lowest BCUT2D eigenvalue weighted by Crippen LogP contribution is -1.96. The molecule has 0 saturated heterocycles. The maximum absolute atomic E-state index is 4.17. The van der Waals surface area contributed by atoms with E-state index in [-0.39, 0.29) is 1.43 Å². The number of allylic oxidation sites excluding steroid dienone is 5. The molecule has 0 spiro atoms. The Labute approximate surface area is 268 Å². The van der Waals surface area contributed by atoms with Crippen LogP contribution in [0.3, 0.4) is 0 Å². The lowest BCUT2D eigenvalue weighted by atomic mass is 9.90. The zero-order valence-electron chi connectivity index (χ0n) is 27.2. The second-order valence-corrected chi connectivity index (χ2v) is 12.0. The Balaban J connectivity index is 0.000000200. The first-order valence-corrected chi connectivity index (χ1v) is 16.1. The summed E-state index contributed by atoms with van der Waals surface area (Å²) in [6.45, 7) is 16.4. The molecule has 0 N–H and O–H groups in total. The van der Waals surface area contributed by atoms with Gasteiger partial charge in [-0.25, -0.2) is 0 Å². The van der Waals surface area contributed by atoms with Crippen molar-refractivity contribution in [1.29, 1.82) is 0 Å². The molecule has 226 valence electrons. The van der Waals surface area contributed by atoms with Gasteiger partial charge < -0.3 is 0 Å². The Hall–Kier alpha value is -4.38. The Morgan fingerprint density at radius 1 is 0.932 bits per heavy atom. The van der Waals surface area contributed by atoms with Crippen LogP contribution < -0.4 is 0 Å². The van der Waals surface area contributed by atoms with E-state index in [1.807, 2.05) is 18.2 Å². The predicted octanol–water partition coefficient (Wildman–Crippen LogP) is 12.7. The summed E-state index contributed by atoms with van der Waals surface area (Å²) in [5.74, 6) is 0.755. The van der Waals surface area contributed by atoms with E-state index in [2.05, 4.69) is 144 Å².